The molecule has 0 aromatic heterocycles. The van der Waals surface area contributed by atoms with Crippen LogP contribution in [0.2, 0.25) is 0 Å². The Morgan fingerprint density at radius 3 is 2.30 bits per heavy atom. The van der Waals surface area contributed by atoms with Gasteiger partial charge >= 0.3 is 5.97 Å². The Bertz CT molecular complexity index is 1690. The van der Waals surface area contributed by atoms with Crippen molar-refractivity contribution >= 4 is 52.9 Å². The number of carbonyl (C=O) groups excluding carboxylic acids is 3. The molecule has 0 radical (unpaired) electrons. The number of hydrogen-bond acceptors (Lipinski definition) is 7. The van der Waals surface area contributed by atoms with Crippen LogP contribution in [-0.2, 0) is 9.59 Å². The Morgan fingerprint density at radius 1 is 0.837 bits per heavy atom. The molecule has 0 heterocycles. The first-order chi connectivity index (χ1) is 20.7. The standard InChI is InChI=1S/C32H27N3O7S/c1-42-28-13-6-5-10-21(28)16-26(35-30(38)20-8-3-2-4-9-20)31(39)34-22-11-7-12-24(17-22)43-19-29(37)33-23-14-15-27(36)25(18-23)32(40)41/h2-18,36H,19H2,1H3,(H,33,37)(H,34,39)(H,35,38)(H,40,41)/b26-16+. The van der Waals surface area contributed by atoms with Crippen LogP contribution in [0.5, 0.6) is 11.5 Å². The molecule has 0 aliphatic rings. The van der Waals surface area contributed by atoms with Gasteiger partial charge in [-0.1, -0.05) is 42.5 Å². The van der Waals surface area contributed by atoms with Gasteiger partial charge in [0.1, 0.15) is 22.8 Å². The lowest BCUT2D eigenvalue weighted by molar-refractivity contribution is -0.114. The maximum Gasteiger partial charge on any atom is 0.339 e. The van der Waals surface area contributed by atoms with Gasteiger partial charge in [-0.25, -0.2) is 4.79 Å². The minimum atomic E-state index is -1.32. The van der Waals surface area contributed by atoms with E-state index < -0.39 is 29.4 Å². The summed E-state index contributed by atoms with van der Waals surface area (Å²) in [5, 5.41) is 26.9. The van der Waals surface area contributed by atoms with Gasteiger partial charge in [-0.3, -0.25) is 14.4 Å². The molecular weight excluding hydrogens is 570 g/mol. The lowest BCUT2D eigenvalue weighted by Gasteiger charge is -2.13. The Balaban J connectivity index is 1.46. The van der Waals surface area contributed by atoms with Gasteiger partial charge in [-0.15, -0.1) is 11.8 Å². The monoisotopic (exact) mass is 597 g/mol. The molecule has 0 unspecified atom stereocenters. The minimum Gasteiger partial charge on any atom is -0.507 e. The first-order valence-electron chi connectivity index (χ1n) is 12.8. The highest BCUT2D eigenvalue weighted by Gasteiger charge is 2.17. The maximum absolute atomic E-state index is 13.4. The number of aromatic carboxylic acids is 1. The Hall–Kier alpha value is -5.55. The van der Waals surface area contributed by atoms with Gasteiger partial charge in [0.15, 0.2) is 0 Å². The Kier molecular flexibility index (Phi) is 10.2. The van der Waals surface area contributed by atoms with Crippen LogP contribution >= 0.6 is 11.8 Å². The first-order valence-corrected chi connectivity index (χ1v) is 13.8. The summed E-state index contributed by atoms with van der Waals surface area (Å²) in [6.45, 7) is 0. The highest BCUT2D eigenvalue weighted by Crippen LogP contribution is 2.25. The van der Waals surface area contributed by atoms with Crippen molar-refractivity contribution < 1.29 is 34.1 Å². The molecule has 0 bridgehead atoms. The molecule has 10 nitrogen and oxygen atoms in total. The van der Waals surface area contributed by atoms with Crippen molar-refractivity contribution in [1.29, 1.82) is 0 Å². The molecule has 43 heavy (non-hydrogen) atoms. The number of benzene rings is 4. The normalized spacial score (nSPS) is 10.9. The highest BCUT2D eigenvalue weighted by atomic mass is 32.2. The Morgan fingerprint density at radius 2 is 1.56 bits per heavy atom. The van der Waals surface area contributed by atoms with Crippen LogP contribution in [0.3, 0.4) is 0 Å². The lowest BCUT2D eigenvalue weighted by atomic mass is 10.1. The van der Waals surface area contributed by atoms with Crippen molar-refractivity contribution in [3.8, 4) is 11.5 Å². The van der Waals surface area contributed by atoms with Crippen LogP contribution in [0, 0.1) is 0 Å². The van der Waals surface area contributed by atoms with E-state index in [-0.39, 0.29) is 22.7 Å². The van der Waals surface area contributed by atoms with E-state index in [2.05, 4.69) is 16.0 Å². The van der Waals surface area contributed by atoms with Gasteiger partial charge in [0.2, 0.25) is 5.91 Å². The summed E-state index contributed by atoms with van der Waals surface area (Å²) in [4.78, 5) is 50.7. The third-order valence-electron chi connectivity index (χ3n) is 5.94. The third kappa shape index (κ3) is 8.47. The smallest absolute Gasteiger partial charge is 0.339 e. The van der Waals surface area contributed by atoms with E-state index in [1.54, 1.807) is 78.9 Å². The molecule has 4 aromatic carbocycles. The van der Waals surface area contributed by atoms with Crippen LogP contribution in [0.15, 0.2) is 108 Å². The maximum atomic E-state index is 13.4. The van der Waals surface area contributed by atoms with Gasteiger partial charge in [-0.2, -0.15) is 0 Å². The number of carbonyl (C=O) groups is 4. The van der Waals surface area contributed by atoms with Gasteiger partial charge < -0.3 is 30.9 Å². The number of para-hydroxylation sites is 1. The summed E-state index contributed by atoms with van der Waals surface area (Å²) < 4.78 is 5.39. The van der Waals surface area contributed by atoms with E-state index in [4.69, 9.17) is 9.84 Å². The topological polar surface area (TPSA) is 154 Å². The van der Waals surface area contributed by atoms with Crippen molar-refractivity contribution in [3.05, 3.63) is 119 Å². The quantitative estimate of drug-likeness (QED) is 0.0894. The fourth-order valence-electron chi connectivity index (χ4n) is 3.88. The number of anilines is 2. The molecule has 0 fully saturated rings. The van der Waals surface area contributed by atoms with E-state index in [0.29, 0.717) is 27.5 Å². The molecule has 0 aliphatic carbocycles. The zero-order chi connectivity index (χ0) is 30.8. The second-order valence-electron chi connectivity index (χ2n) is 8.98. The second-order valence-corrected chi connectivity index (χ2v) is 10.0. The molecular formula is C32H27N3O7S. The number of amides is 3. The number of phenols is 1. The molecule has 0 spiro atoms. The fourth-order valence-corrected chi connectivity index (χ4v) is 4.63. The van der Waals surface area contributed by atoms with E-state index >= 15 is 0 Å². The van der Waals surface area contributed by atoms with Crippen LogP contribution < -0.4 is 20.7 Å². The summed E-state index contributed by atoms with van der Waals surface area (Å²) in [5.41, 5.74) is 1.29. The molecule has 11 heteroatoms. The first kappa shape index (κ1) is 30.4. The summed E-state index contributed by atoms with van der Waals surface area (Å²) in [5.74, 6) is -2.64. The van der Waals surface area contributed by atoms with Gasteiger partial charge in [0.05, 0.1) is 12.9 Å². The number of rotatable bonds is 11. The SMILES string of the molecule is COc1ccccc1/C=C(/NC(=O)c1ccccc1)C(=O)Nc1cccc(SCC(=O)Nc2ccc(O)c(C(=O)O)c2)c1. The van der Waals surface area contributed by atoms with Crippen LogP contribution in [0.25, 0.3) is 6.08 Å². The lowest BCUT2D eigenvalue weighted by Crippen LogP contribution is -2.30. The van der Waals surface area contributed by atoms with Crippen molar-refractivity contribution in [2.24, 2.45) is 0 Å². The zero-order valence-electron chi connectivity index (χ0n) is 22.9. The number of hydrogen-bond donors (Lipinski definition) is 5. The zero-order valence-corrected chi connectivity index (χ0v) is 23.7. The van der Waals surface area contributed by atoms with E-state index in [9.17, 15) is 24.3 Å². The molecule has 4 aromatic rings. The number of carboxylic acid groups (broad SMARTS) is 1. The van der Waals surface area contributed by atoms with Gasteiger partial charge in [-0.05, 0) is 60.7 Å². The number of ether oxygens (including phenoxy) is 1. The van der Waals surface area contributed by atoms with Crippen molar-refractivity contribution in [2.45, 2.75) is 4.90 Å². The molecule has 0 saturated heterocycles. The molecule has 4 rings (SSSR count). The molecule has 3 amide bonds. The summed E-state index contributed by atoms with van der Waals surface area (Å²) >= 11 is 1.20. The van der Waals surface area contributed by atoms with E-state index in [0.717, 1.165) is 0 Å². The van der Waals surface area contributed by atoms with Crippen LogP contribution in [0.4, 0.5) is 11.4 Å². The molecule has 0 atom stereocenters. The number of carboxylic acids is 1. The van der Waals surface area contributed by atoms with Crippen molar-refractivity contribution in [3.63, 3.8) is 0 Å². The molecule has 0 saturated carbocycles. The molecule has 0 aliphatic heterocycles. The largest absolute Gasteiger partial charge is 0.507 e. The van der Waals surface area contributed by atoms with Gasteiger partial charge in [0, 0.05) is 27.4 Å². The van der Waals surface area contributed by atoms with Gasteiger partial charge in [0.25, 0.3) is 11.8 Å². The summed E-state index contributed by atoms with van der Waals surface area (Å²) in [6, 6.07) is 26.2. The highest BCUT2D eigenvalue weighted by molar-refractivity contribution is 8.00. The average molecular weight is 598 g/mol. The number of aromatic hydroxyl groups is 1. The number of nitrogens with one attached hydrogen (secondary N) is 3. The Labute approximate surface area is 251 Å². The second kappa shape index (κ2) is 14.4. The molecule has 218 valence electrons. The summed E-state index contributed by atoms with van der Waals surface area (Å²) in [6.07, 6.45) is 1.52. The summed E-state index contributed by atoms with van der Waals surface area (Å²) in [7, 11) is 1.51. The minimum absolute atomic E-state index is 0.00717. The van der Waals surface area contributed by atoms with Crippen molar-refractivity contribution in [1.82, 2.24) is 5.32 Å². The number of thioether (sulfide) groups is 1. The van der Waals surface area contributed by atoms with Crippen molar-refractivity contribution in [2.75, 3.05) is 23.5 Å². The average Bonchev–Trinajstić information content (AvgIpc) is 3.01. The number of methoxy groups -OCH3 is 1. The van der Waals surface area contributed by atoms with Crippen LogP contribution in [-0.4, -0.2) is 46.8 Å². The third-order valence-corrected chi connectivity index (χ3v) is 6.93. The predicted molar refractivity (Wildman–Crippen MR) is 164 cm³/mol. The van der Waals surface area contributed by atoms with E-state index in [1.807, 2.05) is 0 Å². The van der Waals surface area contributed by atoms with E-state index in [1.165, 1.54) is 43.1 Å². The fraction of sp³-hybridized carbons (Fsp3) is 0.0625. The molecule has 5 N–H and O–H groups in total. The predicted octanol–water partition coefficient (Wildman–Crippen LogP) is 5.24. The van der Waals surface area contributed by atoms with Crippen LogP contribution in [0.1, 0.15) is 26.3 Å².